The third kappa shape index (κ3) is 3.64. The number of aromatic nitrogens is 3. The molecule has 1 amide bonds. The lowest BCUT2D eigenvalue weighted by molar-refractivity contribution is 0.0958. The van der Waals surface area contributed by atoms with Crippen LogP contribution in [-0.4, -0.2) is 59.0 Å². The van der Waals surface area contributed by atoms with Crippen molar-refractivity contribution in [1.82, 2.24) is 25.2 Å². The summed E-state index contributed by atoms with van der Waals surface area (Å²) in [5, 5.41) is 2.60. The van der Waals surface area contributed by atoms with Gasteiger partial charge in [0.15, 0.2) is 0 Å². The maximum atomic E-state index is 12.1. The number of aryl methyl sites for hydroxylation is 1. The summed E-state index contributed by atoms with van der Waals surface area (Å²) in [6.07, 6.45) is 4.41. The van der Waals surface area contributed by atoms with Gasteiger partial charge in [-0.15, -0.1) is 0 Å². The second-order valence-corrected chi connectivity index (χ2v) is 8.86. The van der Waals surface area contributed by atoms with Gasteiger partial charge in [0.2, 0.25) is 0 Å². The van der Waals surface area contributed by atoms with Crippen LogP contribution in [0.3, 0.4) is 0 Å². The Hall–Kier alpha value is -3.26. The van der Waals surface area contributed by atoms with E-state index in [1.165, 1.54) is 0 Å². The van der Waals surface area contributed by atoms with Crippen LogP contribution in [0.15, 0.2) is 41.5 Å². The highest BCUT2D eigenvalue weighted by Crippen LogP contribution is 2.49. The maximum Gasteiger partial charge on any atom is 0.269 e. The molecule has 3 aromatic rings. The van der Waals surface area contributed by atoms with Gasteiger partial charge in [-0.25, -0.2) is 4.98 Å². The summed E-state index contributed by atoms with van der Waals surface area (Å²) in [6, 6.07) is 8.19. The van der Waals surface area contributed by atoms with Gasteiger partial charge in [-0.1, -0.05) is 6.92 Å². The molecule has 1 saturated heterocycles. The highest BCUT2D eigenvalue weighted by atomic mass is 16.1. The molecule has 2 aliphatic rings. The highest BCUT2D eigenvalue weighted by molar-refractivity contribution is 5.92. The van der Waals surface area contributed by atoms with E-state index in [4.69, 9.17) is 0 Å². The minimum Gasteiger partial charge on any atom is -0.370 e. The largest absolute Gasteiger partial charge is 0.370 e. The van der Waals surface area contributed by atoms with E-state index >= 15 is 0 Å². The van der Waals surface area contributed by atoms with Crippen molar-refractivity contribution in [2.24, 2.45) is 11.8 Å². The molecule has 1 aliphatic heterocycles. The van der Waals surface area contributed by atoms with E-state index in [2.05, 4.69) is 43.2 Å². The molecule has 0 bridgehead atoms. The number of hydrogen-bond donors (Lipinski definition) is 2. The molecular weight excluding hydrogens is 404 g/mol. The van der Waals surface area contributed by atoms with Crippen LogP contribution < -0.4 is 15.8 Å². The first-order valence-corrected chi connectivity index (χ1v) is 11.1. The third-order valence-electron chi connectivity index (χ3n) is 6.90. The molecule has 1 aliphatic carbocycles. The average Bonchev–Trinajstić information content (AvgIpc) is 3.32. The monoisotopic (exact) mass is 432 g/mol. The normalized spacial score (nSPS) is 22.0. The summed E-state index contributed by atoms with van der Waals surface area (Å²) >= 11 is 0. The number of rotatable bonds is 6. The predicted octanol–water partition coefficient (Wildman–Crippen LogP) is 1.81. The van der Waals surface area contributed by atoms with Gasteiger partial charge in [-0.05, 0) is 48.1 Å². The zero-order chi connectivity index (χ0) is 22.4. The Kier molecular flexibility index (Phi) is 5.17. The molecule has 2 unspecified atom stereocenters. The highest BCUT2D eigenvalue weighted by Gasteiger charge is 2.57. The van der Waals surface area contributed by atoms with E-state index in [0.29, 0.717) is 30.0 Å². The number of hydrogen-bond acceptors (Lipinski definition) is 6. The van der Waals surface area contributed by atoms with Crippen molar-refractivity contribution < 1.29 is 4.79 Å². The summed E-state index contributed by atoms with van der Waals surface area (Å²) < 4.78 is 0. The number of anilines is 1. The quantitative estimate of drug-likeness (QED) is 0.617. The second-order valence-electron chi connectivity index (χ2n) is 8.86. The molecule has 1 saturated carbocycles. The number of piperidine rings is 1. The Bertz CT molecular complexity index is 1210. The number of likely N-dealkylation sites (tertiary alicyclic amines) is 1. The molecule has 0 radical (unpaired) electrons. The summed E-state index contributed by atoms with van der Waals surface area (Å²) in [7, 11) is 3.72. The predicted molar refractivity (Wildman–Crippen MR) is 124 cm³/mol. The van der Waals surface area contributed by atoms with Crippen LogP contribution in [-0.2, 0) is 13.0 Å². The van der Waals surface area contributed by atoms with E-state index in [1.807, 2.05) is 25.3 Å². The lowest BCUT2D eigenvalue weighted by Gasteiger charge is -2.25. The van der Waals surface area contributed by atoms with Gasteiger partial charge in [0.05, 0.1) is 22.9 Å². The Balaban J connectivity index is 1.21. The minimum atomic E-state index is -0.170. The second kappa shape index (κ2) is 8.02. The molecule has 8 nitrogen and oxygen atoms in total. The number of carbonyl (C=O) groups is 1. The van der Waals surface area contributed by atoms with Gasteiger partial charge in [-0.2, -0.15) is 0 Å². The van der Waals surface area contributed by atoms with E-state index in [0.717, 1.165) is 47.5 Å². The zero-order valence-electron chi connectivity index (χ0n) is 18.6. The van der Waals surface area contributed by atoms with Gasteiger partial charge in [0, 0.05) is 51.5 Å². The SMILES string of the molecule is CCc1cc2ncc(CN3CC4C(C3)C4N(C)c3ccc(C(=O)NC)nc3)cc2[nH]c1=O. The van der Waals surface area contributed by atoms with Gasteiger partial charge >= 0.3 is 0 Å². The average molecular weight is 433 g/mol. The smallest absolute Gasteiger partial charge is 0.269 e. The molecule has 0 aromatic carbocycles. The molecule has 3 aromatic heterocycles. The van der Waals surface area contributed by atoms with Crippen molar-refractivity contribution in [1.29, 1.82) is 0 Å². The fourth-order valence-electron chi connectivity index (χ4n) is 5.09. The number of H-pyrrole nitrogens is 1. The van der Waals surface area contributed by atoms with Gasteiger partial charge in [-0.3, -0.25) is 19.5 Å². The first-order valence-electron chi connectivity index (χ1n) is 11.1. The Labute approximate surface area is 186 Å². The number of pyridine rings is 3. The summed E-state index contributed by atoms with van der Waals surface area (Å²) in [5.74, 6) is 1.11. The third-order valence-corrected chi connectivity index (χ3v) is 6.90. The fourth-order valence-corrected chi connectivity index (χ4v) is 5.09. The van der Waals surface area contributed by atoms with E-state index in [9.17, 15) is 9.59 Å². The van der Waals surface area contributed by atoms with Crippen LogP contribution >= 0.6 is 0 Å². The summed E-state index contributed by atoms with van der Waals surface area (Å²) in [4.78, 5) is 40.4. The van der Waals surface area contributed by atoms with Crippen molar-refractivity contribution in [3.63, 3.8) is 0 Å². The minimum absolute atomic E-state index is 0.0231. The number of nitrogens with zero attached hydrogens (tertiary/aromatic N) is 4. The van der Waals surface area contributed by atoms with E-state index in [-0.39, 0.29) is 11.5 Å². The van der Waals surface area contributed by atoms with Gasteiger partial charge < -0.3 is 15.2 Å². The van der Waals surface area contributed by atoms with Crippen molar-refractivity contribution in [3.8, 4) is 0 Å². The first-order chi connectivity index (χ1) is 15.5. The maximum absolute atomic E-state index is 12.1. The summed E-state index contributed by atoms with van der Waals surface area (Å²) in [5.41, 5.74) is 4.99. The molecule has 8 heteroatoms. The van der Waals surface area contributed by atoms with Gasteiger partial charge in [0.1, 0.15) is 5.69 Å². The number of carbonyl (C=O) groups excluding carboxylic acids is 1. The molecule has 0 spiro atoms. The molecule has 2 atom stereocenters. The van der Waals surface area contributed by atoms with Crippen LogP contribution in [0.25, 0.3) is 11.0 Å². The van der Waals surface area contributed by atoms with Crippen LogP contribution in [0, 0.1) is 11.8 Å². The van der Waals surface area contributed by atoms with Gasteiger partial charge in [0.25, 0.3) is 11.5 Å². The van der Waals surface area contributed by atoms with E-state index in [1.54, 1.807) is 19.3 Å². The van der Waals surface area contributed by atoms with Crippen LogP contribution in [0.1, 0.15) is 28.5 Å². The Morgan fingerprint density at radius 3 is 2.66 bits per heavy atom. The lowest BCUT2D eigenvalue weighted by Crippen LogP contribution is -2.32. The topological polar surface area (TPSA) is 94.2 Å². The fraction of sp³-hybridized carbons (Fsp3) is 0.417. The van der Waals surface area contributed by atoms with Crippen LogP contribution in [0.5, 0.6) is 0 Å². The molecule has 5 rings (SSSR count). The number of nitrogens with one attached hydrogen (secondary N) is 2. The molecule has 2 N–H and O–H groups in total. The van der Waals surface area contributed by atoms with Crippen molar-refractivity contribution in [3.05, 3.63) is 63.8 Å². The van der Waals surface area contributed by atoms with Crippen molar-refractivity contribution in [2.45, 2.75) is 25.9 Å². The molecule has 166 valence electrons. The first kappa shape index (κ1) is 20.6. The van der Waals surface area contributed by atoms with E-state index < -0.39 is 0 Å². The molecular formula is C24H28N6O2. The number of aromatic amines is 1. The number of fused-ring (bicyclic) bond motifs is 2. The van der Waals surface area contributed by atoms with Crippen LogP contribution in [0.4, 0.5) is 5.69 Å². The van der Waals surface area contributed by atoms with Crippen molar-refractivity contribution >= 4 is 22.6 Å². The summed E-state index contributed by atoms with van der Waals surface area (Å²) in [6.45, 7) is 4.91. The molecule has 2 fully saturated rings. The Morgan fingerprint density at radius 1 is 1.22 bits per heavy atom. The molecule has 32 heavy (non-hydrogen) atoms. The zero-order valence-corrected chi connectivity index (χ0v) is 18.6. The standard InChI is InChI=1S/C24H28N6O2/c1-4-15-8-20-21(28-23(15)31)7-14(9-26-20)11-30-12-17-18(13-30)22(17)29(3)16-5-6-19(27-10-16)24(32)25-2/h5-10,17-18,22H,4,11-13H2,1-3H3,(H,25,32)(H,28,31). The van der Waals surface area contributed by atoms with Crippen molar-refractivity contribution in [2.75, 3.05) is 32.1 Å². The Morgan fingerprint density at radius 2 is 2.00 bits per heavy atom. The number of amides is 1. The molecule has 4 heterocycles. The lowest BCUT2D eigenvalue weighted by atomic mass is 10.1. The van der Waals surface area contributed by atoms with Crippen LogP contribution in [0.2, 0.25) is 0 Å².